The summed E-state index contributed by atoms with van der Waals surface area (Å²) in [6.45, 7) is 17.1. The van der Waals surface area contributed by atoms with Gasteiger partial charge < -0.3 is 0 Å². The molecule has 0 bridgehead atoms. The molecular formula is C27H51O3PS. The summed E-state index contributed by atoms with van der Waals surface area (Å²) in [5.74, 6) is 0. The van der Waals surface area contributed by atoms with E-state index < -0.39 is 16.9 Å². The van der Waals surface area contributed by atoms with Gasteiger partial charge in [0.1, 0.15) is 0 Å². The molecule has 0 spiro atoms. The minimum absolute atomic E-state index is 0.279. The molecule has 0 aromatic heterocycles. The van der Waals surface area contributed by atoms with Crippen LogP contribution in [-0.2, 0) is 14.1 Å². The van der Waals surface area contributed by atoms with Crippen LogP contribution in [0.2, 0.25) is 0 Å². The van der Waals surface area contributed by atoms with Crippen LogP contribution < -0.4 is 0 Å². The molecule has 0 atom stereocenters. The molecule has 0 unspecified atom stereocenters. The Morgan fingerprint density at radius 1 is 0.719 bits per heavy atom. The molecule has 0 aliphatic rings. The van der Waals surface area contributed by atoms with E-state index in [2.05, 4.69) is 54.9 Å². The van der Waals surface area contributed by atoms with E-state index in [1.165, 1.54) is 25.7 Å². The number of hydrogen-bond donors (Lipinski definition) is 0. The van der Waals surface area contributed by atoms with Crippen LogP contribution in [0.3, 0.4) is 0 Å². The summed E-state index contributed by atoms with van der Waals surface area (Å²) < 4.78 is 32.7. The Labute approximate surface area is 200 Å². The third-order valence-electron chi connectivity index (χ3n) is 6.23. The summed E-state index contributed by atoms with van der Waals surface area (Å²) in [7, 11) is -3.77. The van der Waals surface area contributed by atoms with Crippen LogP contribution >= 0.6 is 6.83 Å². The molecule has 0 N–H and O–H groups in total. The van der Waals surface area contributed by atoms with E-state index in [1.807, 2.05) is 19.1 Å². The molecule has 0 aliphatic carbocycles. The zero-order chi connectivity index (χ0) is 24.7. The van der Waals surface area contributed by atoms with Gasteiger partial charge >= 0.3 is 200 Å². The van der Waals surface area contributed by atoms with Gasteiger partial charge in [-0.15, -0.1) is 0 Å². The van der Waals surface area contributed by atoms with Crippen LogP contribution in [-0.4, -0.2) is 34.1 Å². The second-order valence-electron chi connectivity index (χ2n) is 13.1. The van der Waals surface area contributed by atoms with Gasteiger partial charge in [0.25, 0.3) is 0 Å². The summed E-state index contributed by atoms with van der Waals surface area (Å²) in [5.41, 5.74) is 1.75. The molecule has 0 radical (unpaired) electrons. The van der Waals surface area contributed by atoms with Crippen molar-refractivity contribution in [3.05, 3.63) is 29.8 Å². The molecule has 0 saturated heterocycles. The molecule has 1 rings (SSSR count). The molecule has 0 heterocycles. The van der Waals surface area contributed by atoms with E-state index >= 15 is 0 Å². The Morgan fingerprint density at radius 3 is 1.50 bits per heavy atom. The third kappa shape index (κ3) is 12.1. The molecule has 0 amide bonds. The van der Waals surface area contributed by atoms with Gasteiger partial charge in [-0.1, -0.05) is 0 Å². The van der Waals surface area contributed by atoms with Crippen molar-refractivity contribution in [1.29, 1.82) is 0 Å². The zero-order valence-corrected chi connectivity index (χ0v) is 24.2. The van der Waals surface area contributed by atoms with Crippen molar-refractivity contribution in [2.45, 2.75) is 105 Å². The van der Waals surface area contributed by atoms with Crippen molar-refractivity contribution >= 4 is 16.9 Å². The topological polar surface area (TPSA) is 43.4 Å². The second-order valence-corrected chi connectivity index (χ2v) is 21.1. The van der Waals surface area contributed by atoms with Gasteiger partial charge in [0, 0.05) is 0 Å². The maximum absolute atomic E-state index is 13.2. The molecule has 1 aromatic rings. The van der Waals surface area contributed by atoms with Gasteiger partial charge in [0.05, 0.1) is 0 Å². The standard InChI is InChI=1S/C27H51O3PS/c1-24-16-18-25(19-17-24)32(28,29)30-31(8,9,22-14-10-12-20-26(2,3)4)23-15-11-13-21-27(5,6)7/h16-19H,10-15,20-23H2,1-9H3. The molecule has 32 heavy (non-hydrogen) atoms. The van der Waals surface area contributed by atoms with Crippen LogP contribution in [0.4, 0.5) is 0 Å². The predicted octanol–water partition coefficient (Wildman–Crippen LogP) is 8.64. The summed E-state index contributed by atoms with van der Waals surface area (Å²) >= 11 is 0. The summed E-state index contributed by atoms with van der Waals surface area (Å²) in [5, 5.41) is 0. The van der Waals surface area contributed by atoms with Crippen molar-refractivity contribution < 1.29 is 12.4 Å². The average molecular weight is 487 g/mol. The van der Waals surface area contributed by atoms with Gasteiger partial charge in [0.15, 0.2) is 0 Å². The number of hydrogen-bond acceptors (Lipinski definition) is 3. The predicted molar refractivity (Wildman–Crippen MR) is 144 cm³/mol. The van der Waals surface area contributed by atoms with Crippen molar-refractivity contribution in [1.82, 2.24) is 0 Å². The van der Waals surface area contributed by atoms with Crippen LogP contribution in [0, 0.1) is 17.8 Å². The van der Waals surface area contributed by atoms with E-state index in [0.717, 1.165) is 43.6 Å². The quantitative estimate of drug-likeness (QED) is 0.207. The Morgan fingerprint density at radius 2 is 1.12 bits per heavy atom. The molecule has 188 valence electrons. The average Bonchev–Trinajstić information content (AvgIpc) is 2.58. The van der Waals surface area contributed by atoms with E-state index in [9.17, 15) is 8.42 Å². The van der Waals surface area contributed by atoms with Crippen molar-refractivity contribution in [2.24, 2.45) is 10.8 Å². The molecule has 0 saturated carbocycles. The fourth-order valence-corrected chi connectivity index (χ4v) is 10.9. The molecule has 0 fully saturated rings. The normalized spacial score (nSPS) is 14.8. The van der Waals surface area contributed by atoms with E-state index in [-0.39, 0.29) is 4.90 Å². The number of unbranched alkanes of at least 4 members (excludes halogenated alkanes) is 4. The first-order valence-corrected chi connectivity index (χ1v) is 17.3. The van der Waals surface area contributed by atoms with Gasteiger partial charge in [0.2, 0.25) is 0 Å². The molecule has 5 heteroatoms. The van der Waals surface area contributed by atoms with Gasteiger partial charge in [-0.2, -0.15) is 0 Å². The van der Waals surface area contributed by atoms with E-state index in [0.29, 0.717) is 10.8 Å². The number of aryl methyl sites for hydroxylation is 1. The first-order valence-electron chi connectivity index (χ1n) is 12.4. The van der Waals surface area contributed by atoms with Gasteiger partial charge in [-0.3, -0.25) is 0 Å². The first-order chi connectivity index (χ1) is 14.4. The van der Waals surface area contributed by atoms with Crippen LogP contribution in [0.5, 0.6) is 0 Å². The van der Waals surface area contributed by atoms with Crippen LogP contribution in [0.15, 0.2) is 29.2 Å². The molecule has 3 nitrogen and oxygen atoms in total. The first kappa shape index (κ1) is 29.6. The van der Waals surface area contributed by atoms with Crippen molar-refractivity contribution in [3.63, 3.8) is 0 Å². The maximum atomic E-state index is 13.2. The number of benzene rings is 1. The van der Waals surface area contributed by atoms with Gasteiger partial charge in [-0.05, 0) is 0 Å². The molecule has 0 aliphatic heterocycles. The van der Waals surface area contributed by atoms with Crippen molar-refractivity contribution in [2.75, 3.05) is 25.7 Å². The fourth-order valence-electron chi connectivity index (χ4n) is 4.14. The van der Waals surface area contributed by atoms with E-state index in [1.54, 1.807) is 12.1 Å². The Bertz CT molecular complexity index is 769. The molecular weight excluding hydrogens is 435 g/mol. The van der Waals surface area contributed by atoms with Crippen LogP contribution in [0.1, 0.15) is 98.5 Å². The number of rotatable bonds is 13. The zero-order valence-electron chi connectivity index (χ0n) is 22.5. The Hall–Kier alpha value is -0.440. The van der Waals surface area contributed by atoms with Crippen molar-refractivity contribution in [3.8, 4) is 0 Å². The SMILES string of the molecule is Cc1ccc(S(=O)(=O)OP(C)(C)(CCCCCC(C)(C)C)CCCCCC(C)(C)C)cc1. The second kappa shape index (κ2) is 11.3. The molecule has 1 aromatic carbocycles. The monoisotopic (exact) mass is 486 g/mol. The Balaban J connectivity index is 2.88. The fraction of sp³-hybridized carbons (Fsp3) is 0.778. The van der Waals surface area contributed by atoms with E-state index in [4.69, 9.17) is 3.97 Å². The summed E-state index contributed by atoms with van der Waals surface area (Å²) in [6.07, 6.45) is 10.9. The third-order valence-corrected chi connectivity index (χ3v) is 13.3. The van der Waals surface area contributed by atoms with Crippen LogP contribution in [0.25, 0.3) is 0 Å². The minimum atomic E-state index is -3.77. The van der Waals surface area contributed by atoms with Gasteiger partial charge in [-0.25, -0.2) is 0 Å². The summed E-state index contributed by atoms with van der Waals surface area (Å²) in [6, 6.07) is 7.04. The Kier molecular flexibility index (Phi) is 10.5. The summed E-state index contributed by atoms with van der Waals surface area (Å²) in [4.78, 5) is 0.279.